The van der Waals surface area contributed by atoms with Crippen LogP contribution >= 0.6 is 11.3 Å². The van der Waals surface area contributed by atoms with Crippen LogP contribution < -0.4 is 10.0 Å². The van der Waals surface area contributed by atoms with E-state index in [-0.39, 0.29) is 5.54 Å². The number of hydrogen-bond donors (Lipinski definition) is 2. The molecule has 0 aliphatic heterocycles. The van der Waals surface area contributed by atoms with E-state index in [1.807, 2.05) is 40.0 Å². The molecule has 6 heteroatoms. The normalized spacial score (nSPS) is 12.8. The Labute approximate surface area is 127 Å². The summed E-state index contributed by atoms with van der Waals surface area (Å²) in [5.74, 6) is 0. The van der Waals surface area contributed by atoms with Crippen LogP contribution in [0, 0.1) is 6.92 Å². The molecule has 1 heterocycles. The smallest absolute Gasteiger partial charge is 0.242 e. The van der Waals surface area contributed by atoms with Crippen LogP contribution in [0.5, 0.6) is 0 Å². The largest absolute Gasteiger partial charge is 0.312 e. The Morgan fingerprint density at radius 1 is 1.25 bits per heavy atom. The van der Waals surface area contributed by atoms with E-state index in [1.54, 1.807) is 0 Å². The van der Waals surface area contributed by atoms with Crippen molar-refractivity contribution in [1.29, 1.82) is 0 Å². The molecule has 0 radical (unpaired) electrons. The Morgan fingerprint density at radius 3 is 2.35 bits per heavy atom. The van der Waals surface area contributed by atoms with Gasteiger partial charge in [0.25, 0.3) is 0 Å². The second-order valence-corrected chi connectivity index (χ2v) is 7.91. The molecule has 0 aliphatic rings. The van der Waals surface area contributed by atoms with E-state index in [0.29, 0.717) is 11.4 Å². The van der Waals surface area contributed by atoms with Gasteiger partial charge in [-0.3, -0.25) is 0 Å². The van der Waals surface area contributed by atoms with Gasteiger partial charge in [0.1, 0.15) is 4.90 Å². The van der Waals surface area contributed by atoms with E-state index in [1.165, 1.54) is 11.3 Å². The summed E-state index contributed by atoms with van der Waals surface area (Å²) < 4.78 is 28.3. The lowest BCUT2D eigenvalue weighted by molar-refractivity contribution is 0.388. The van der Waals surface area contributed by atoms with E-state index in [0.717, 1.165) is 29.8 Å². The molecule has 2 N–H and O–H groups in total. The predicted octanol–water partition coefficient (Wildman–Crippen LogP) is 3.02. The predicted molar refractivity (Wildman–Crippen MR) is 85.7 cm³/mol. The lowest BCUT2D eigenvalue weighted by Gasteiger charge is -2.28. The number of thiophene rings is 1. The van der Waals surface area contributed by atoms with Gasteiger partial charge in [0.05, 0.1) is 0 Å². The highest BCUT2D eigenvalue weighted by Crippen LogP contribution is 2.28. The topological polar surface area (TPSA) is 58.2 Å². The minimum absolute atomic E-state index is 0.386. The van der Waals surface area contributed by atoms with Crippen LogP contribution in [-0.2, 0) is 16.6 Å². The fraction of sp³-hybridized carbons (Fsp3) is 0.714. The summed E-state index contributed by atoms with van der Waals surface area (Å²) in [5.41, 5.74) is 0.438. The highest BCUT2D eigenvalue weighted by molar-refractivity contribution is 7.89. The summed E-state index contributed by atoms with van der Waals surface area (Å²) in [7, 11) is -3.47. The molecule has 1 aromatic heterocycles. The van der Waals surface area contributed by atoms with Gasteiger partial charge in [-0.1, -0.05) is 20.8 Å². The maximum Gasteiger partial charge on any atom is 0.242 e. The van der Waals surface area contributed by atoms with Crippen molar-refractivity contribution in [2.45, 2.75) is 64.4 Å². The Hall–Kier alpha value is -0.430. The zero-order chi connectivity index (χ0) is 15.4. The first-order chi connectivity index (χ1) is 9.29. The first-order valence-electron chi connectivity index (χ1n) is 7.11. The molecule has 1 rings (SSSR count). The van der Waals surface area contributed by atoms with Crippen LogP contribution in [0.2, 0.25) is 0 Å². The van der Waals surface area contributed by atoms with Crippen LogP contribution in [0.3, 0.4) is 0 Å². The SMILES string of the molecule is CCNCc1scc(C)c1S(=O)(=O)NC(C)(CC)CC. The molecule has 0 aliphatic carbocycles. The lowest BCUT2D eigenvalue weighted by Crippen LogP contribution is -2.45. The molecule has 0 saturated carbocycles. The summed E-state index contributed by atoms with van der Waals surface area (Å²) in [4.78, 5) is 1.34. The van der Waals surface area contributed by atoms with E-state index in [2.05, 4.69) is 10.0 Å². The first-order valence-corrected chi connectivity index (χ1v) is 9.47. The van der Waals surface area contributed by atoms with Gasteiger partial charge in [-0.05, 0) is 44.2 Å². The second kappa shape index (κ2) is 7.02. The molecule has 0 fully saturated rings. The maximum absolute atomic E-state index is 12.7. The van der Waals surface area contributed by atoms with E-state index in [9.17, 15) is 8.42 Å². The lowest BCUT2D eigenvalue weighted by atomic mass is 9.98. The van der Waals surface area contributed by atoms with Crippen molar-refractivity contribution in [3.05, 3.63) is 15.8 Å². The van der Waals surface area contributed by atoms with E-state index in [4.69, 9.17) is 0 Å². The van der Waals surface area contributed by atoms with E-state index < -0.39 is 10.0 Å². The molecule has 0 spiro atoms. The molecular weight excluding hydrogens is 292 g/mol. The molecule has 0 amide bonds. The molecular formula is C14H26N2O2S2. The van der Waals surface area contributed by atoms with Crippen LogP contribution in [0.15, 0.2) is 10.3 Å². The van der Waals surface area contributed by atoms with Crippen molar-refractivity contribution in [3.63, 3.8) is 0 Å². The number of rotatable bonds is 8. The first kappa shape index (κ1) is 17.6. The standard InChI is InChI=1S/C14H26N2O2S2/c1-6-14(5,7-2)16-20(17,18)13-11(4)10-19-12(13)9-15-8-3/h10,15-16H,6-9H2,1-5H3. The van der Waals surface area contributed by atoms with Gasteiger partial charge < -0.3 is 5.32 Å². The monoisotopic (exact) mass is 318 g/mol. The average molecular weight is 319 g/mol. The summed E-state index contributed by atoms with van der Waals surface area (Å²) in [6.45, 7) is 11.3. The Bertz CT molecular complexity index is 531. The van der Waals surface area contributed by atoms with Crippen molar-refractivity contribution < 1.29 is 8.42 Å². The van der Waals surface area contributed by atoms with Crippen LogP contribution in [0.25, 0.3) is 0 Å². The van der Waals surface area contributed by atoms with Gasteiger partial charge in [-0.2, -0.15) is 0 Å². The molecule has 0 bridgehead atoms. The summed E-state index contributed by atoms with van der Waals surface area (Å²) >= 11 is 1.50. The molecule has 0 saturated heterocycles. The molecule has 0 unspecified atom stereocenters. The van der Waals surface area contributed by atoms with E-state index >= 15 is 0 Å². The van der Waals surface area contributed by atoms with Crippen LogP contribution in [0.4, 0.5) is 0 Å². The van der Waals surface area contributed by atoms with Gasteiger partial charge in [0.2, 0.25) is 10.0 Å². The Balaban J connectivity index is 3.12. The van der Waals surface area contributed by atoms with Crippen molar-refractivity contribution in [1.82, 2.24) is 10.0 Å². The molecule has 20 heavy (non-hydrogen) atoms. The minimum atomic E-state index is -3.47. The maximum atomic E-state index is 12.7. The van der Waals surface area contributed by atoms with Crippen LogP contribution in [-0.4, -0.2) is 20.5 Å². The summed E-state index contributed by atoms with van der Waals surface area (Å²) in [6.07, 6.45) is 1.54. The Kier molecular flexibility index (Phi) is 6.19. The number of hydrogen-bond acceptors (Lipinski definition) is 4. The third-order valence-corrected chi connectivity index (χ3v) is 6.84. The van der Waals surface area contributed by atoms with Crippen molar-refractivity contribution in [2.75, 3.05) is 6.54 Å². The zero-order valence-corrected chi connectivity index (χ0v) is 14.7. The second-order valence-electron chi connectivity index (χ2n) is 5.32. The molecule has 0 aromatic carbocycles. The number of sulfonamides is 1. The van der Waals surface area contributed by atoms with Crippen molar-refractivity contribution >= 4 is 21.4 Å². The van der Waals surface area contributed by atoms with Gasteiger partial charge >= 0.3 is 0 Å². The highest BCUT2D eigenvalue weighted by atomic mass is 32.2. The van der Waals surface area contributed by atoms with Crippen LogP contribution in [0.1, 0.15) is 51.0 Å². The minimum Gasteiger partial charge on any atom is -0.312 e. The third-order valence-electron chi connectivity index (χ3n) is 3.74. The van der Waals surface area contributed by atoms with Gasteiger partial charge in [-0.25, -0.2) is 13.1 Å². The quantitative estimate of drug-likeness (QED) is 0.774. The molecule has 1 aromatic rings. The van der Waals surface area contributed by atoms with Gasteiger partial charge in [-0.15, -0.1) is 11.3 Å². The van der Waals surface area contributed by atoms with Crippen molar-refractivity contribution in [3.8, 4) is 0 Å². The zero-order valence-electron chi connectivity index (χ0n) is 13.0. The average Bonchev–Trinajstić information content (AvgIpc) is 2.77. The fourth-order valence-corrected chi connectivity index (χ4v) is 5.31. The van der Waals surface area contributed by atoms with Gasteiger partial charge in [0, 0.05) is 17.0 Å². The van der Waals surface area contributed by atoms with Crippen molar-refractivity contribution in [2.24, 2.45) is 0 Å². The Morgan fingerprint density at radius 2 is 1.85 bits per heavy atom. The third kappa shape index (κ3) is 4.04. The fourth-order valence-electron chi connectivity index (χ4n) is 1.98. The molecule has 0 atom stereocenters. The highest BCUT2D eigenvalue weighted by Gasteiger charge is 2.30. The summed E-state index contributed by atoms with van der Waals surface area (Å²) in [6, 6.07) is 0. The molecule has 4 nitrogen and oxygen atoms in total. The molecule has 116 valence electrons. The number of aryl methyl sites for hydroxylation is 1. The number of nitrogens with one attached hydrogen (secondary N) is 2. The summed E-state index contributed by atoms with van der Waals surface area (Å²) in [5, 5.41) is 5.11. The van der Waals surface area contributed by atoms with Gasteiger partial charge in [0.15, 0.2) is 0 Å².